The molecule has 47 heavy (non-hydrogen) atoms. The molecule has 4 rings (SSSR count). The lowest BCUT2D eigenvalue weighted by Crippen LogP contribution is -2.20. The SMILES string of the molecule is COC(O)CCCCC(/C=C/c1cc(F)ccc1[O+]=CC1=CCC(C)(c2ccc(C(F)(F)F)cc2)C=C1)Cc1cc(F)c(O)c(F)c1. The predicted octanol–water partition coefficient (Wildman–Crippen LogP) is 9.52. The number of benzene rings is 3. The number of rotatable bonds is 13. The van der Waals surface area contributed by atoms with Gasteiger partial charge in [-0.05, 0) is 97.7 Å². The Morgan fingerprint density at radius 2 is 1.66 bits per heavy atom. The summed E-state index contributed by atoms with van der Waals surface area (Å²) in [5.41, 5.74) is 1.02. The topological polar surface area (TPSA) is 61.0 Å². The number of hydrogen-bond acceptors (Lipinski definition) is 3. The van der Waals surface area contributed by atoms with Crippen LogP contribution in [0.4, 0.5) is 26.3 Å². The van der Waals surface area contributed by atoms with Crippen LogP contribution in [0.15, 0.2) is 84.5 Å². The summed E-state index contributed by atoms with van der Waals surface area (Å²) >= 11 is 0. The van der Waals surface area contributed by atoms with Crippen LogP contribution >= 0.6 is 0 Å². The van der Waals surface area contributed by atoms with Crippen LogP contribution in [0.1, 0.15) is 61.3 Å². The first kappa shape index (κ1) is 35.7. The predicted molar refractivity (Wildman–Crippen MR) is 168 cm³/mol. The second kappa shape index (κ2) is 15.6. The number of hydrogen-bond donors (Lipinski definition) is 2. The van der Waals surface area contributed by atoms with Gasteiger partial charge in [-0.3, -0.25) is 0 Å². The number of aromatic hydroxyl groups is 1. The van der Waals surface area contributed by atoms with Crippen LogP contribution in [0.25, 0.3) is 6.08 Å². The second-order valence-electron chi connectivity index (χ2n) is 11.9. The summed E-state index contributed by atoms with van der Waals surface area (Å²) < 4.78 is 92.1. The average molecular weight is 660 g/mol. The van der Waals surface area contributed by atoms with Gasteiger partial charge >= 0.3 is 18.2 Å². The zero-order valence-corrected chi connectivity index (χ0v) is 26.0. The first-order valence-electron chi connectivity index (χ1n) is 15.2. The van der Waals surface area contributed by atoms with Gasteiger partial charge in [0.15, 0.2) is 23.7 Å². The Morgan fingerprint density at radius 1 is 0.979 bits per heavy atom. The molecule has 0 amide bonds. The lowest BCUT2D eigenvalue weighted by molar-refractivity contribution is -0.359. The minimum absolute atomic E-state index is 0.231. The molecule has 3 atom stereocenters. The highest BCUT2D eigenvalue weighted by Crippen LogP contribution is 2.36. The number of phenolic OH excluding ortho intramolecular Hbond substituents is 1. The molecule has 0 radical (unpaired) electrons. The average Bonchev–Trinajstić information content (AvgIpc) is 3.04. The van der Waals surface area contributed by atoms with Crippen LogP contribution in [-0.4, -0.2) is 29.9 Å². The van der Waals surface area contributed by atoms with E-state index in [1.807, 2.05) is 31.2 Å². The fraction of sp³-hybridized carbons (Fsp3) is 0.324. The summed E-state index contributed by atoms with van der Waals surface area (Å²) in [5, 5.41) is 19.2. The van der Waals surface area contributed by atoms with Gasteiger partial charge in [-0.25, -0.2) is 17.6 Å². The lowest BCUT2D eigenvalue weighted by Gasteiger charge is -2.28. The fourth-order valence-electron chi connectivity index (χ4n) is 5.36. The molecule has 1 aliphatic carbocycles. The van der Waals surface area contributed by atoms with E-state index >= 15 is 0 Å². The Bertz CT molecular complexity index is 1620. The first-order valence-corrected chi connectivity index (χ1v) is 15.2. The smallest absolute Gasteiger partial charge is 0.416 e. The van der Waals surface area contributed by atoms with E-state index < -0.39 is 46.6 Å². The van der Waals surface area contributed by atoms with Gasteiger partial charge in [-0.2, -0.15) is 13.2 Å². The van der Waals surface area contributed by atoms with Crippen LogP contribution in [0.3, 0.4) is 0 Å². The zero-order valence-electron chi connectivity index (χ0n) is 26.0. The largest absolute Gasteiger partial charge is 0.503 e. The number of phenols is 1. The Kier molecular flexibility index (Phi) is 11.9. The quantitative estimate of drug-likeness (QED) is 0.0632. The number of alkyl halides is 3. The van der Waals surface area contributed by atoms with E-state index in [2.05, 4.69) is 0 Å². The molecule has 4 nitrogen and oxygen atoms in total. The number of aliphatic hydroxyl groups excluding tert-OH is 1. The van der Waals surface area contributed by atoms with Crippen molar-refractivity contribution in [1.82, 2.24) is 0 Å². The van der Waals surface area contributed by atoms with Crippen LogP contribution in [0.2, 0.25) is 0 Å². The molecule has 2 N–H and O–H groups in total. The van der Waals surface area contributed by atoms with Crippen LogP contribution in [-0.2, 0) is 27.2 Å². The Balaban J connectivity index is 1.50. The molecular formula is C37H37F6O4+. The van der Waals surface area contributed by atoms with E-state index in [4.69, 9.17) is 9.16 Å². The Morgan fingerprint density at radius 3 is 2.28 bits per heavy atom. The van der Waals surface area contributed by atoms with E-state index in [1.165, 1.54) is 43.7 Å². The molecule has 0 aliphatic heterocycles. The van der Waals surface area contributed by atoms with E-state index in [9.17, 15) is 36.6 Å². The monoisotopic (exact) mass is 659 g/mol. The number of allylic oxidation sites excluding steroid dienone is 5. The molecule has 0 aromatic heterocycles. The number of carbonyl (C=O) groups excluding carboxylic acids is 1. The third-order valence-corrected chi connectivity index (χ3v) is 8.24. The molecule has 0 spiro atoms. The summed E-state index contributed by atoms with van der Waals surface area (Å²) in [4.78, 5) is 0. The van der Waals surface area contributed by atoms with Crippen molar-refractivity contribution < 1.29 is 45.7 Å². The highest BCUT2D eigenvalue weighted by atomic mass is 19.4. The minimum Gasteiger partial charge on any atom is -0.503 e. The Hall–Kier alpha value is -4.15. The van der Waals surface area contributed by atoms with Crippen molar-refractivity contribution >= 4 is 12.4 Å². The maximum Gasteiger partial charge on any atom is 0.416 e. The van der Waals surface area contributed by atoms with Crippen molar-refractivity contribution in [2.45, 2.75) is 63.3 Å². The van der Waals surface area contributed by atoms with Gasteiger partial charge in [0.05, 0.1) is 16.7 Å². The zero-order chi connectivity index (χ0) is 34.2. The van der Waals surface area contributed by atoms with Gasteiger partial charge in [0.1, 0.15) is 5.82 Å². The lowest BCUT2D eigenvalue weighted by atomic mass is 9.76. The third-order valence-electron chi connectivity index (χ3n) is 8.24. The van der Waals surface area contributed by atoms with Crippen molar-refractivity contribution in [2.24, 2.45) is 5.92 Å². The van der Waals surface area contributed by atoms with E-state index in [-0.39, 0.29) is 12.3 Å². The fourth-order valence-corrected chi connectivity index (χ4v) is 5.36. The van der Waals surface area contributed by atoms with Gasteiger partial charge in [-0.15, -0.1) is 0 Å². The maximum atomic E-state index is 14.3. The van der Waals surface area contributed by atoms with E-state index in [1.54, 1.807) is 6.08 Å². The van der Waals surface area contributed by atoms with Crippen molar-refractivity contribution in [1.29, 1.82) is 0 Å². The molecule has 0 fully saturated rings. The highest BCUT2D eigenvalue weighted by molar-refractivity contribution is 5.79. The summed E-state index contributed by atoms with van der Waals surface area (Å²) in [7, 11) is 1.40. The number of methoxy groups -OCH3 is 1. The summed E-state index contributed by atoms with van der Waals surface area (Å²) in [6, 6.07) is 11.3. The number of aldehydes is 1. The molecule has 3 aromatic carbocycles. The number of halogens is 6. The molecule has 0 bridgehead atoms. The first-order chi connectivity index (χ1) is 22.3. The molecular weight excluding hydrogens is 622 g/mol. The van der Waals surface area contributed by atoms with Crippen molar-refractivity contribution in [3.63, 3.8) is 0 Å². The number of aliphatic hydroxyl groups is 1. The molecule has 1 aliphatic rings. The van der Waals surface area contributed by atoms with E-state index in [0.29, 0.717) is 49.0 Å². The van der Waals surface area contributed by atoms with Gasteiger partial charge in [0, 0.05) is 18.6 Å². The summed E-state index contributed by atoms with van der Waals surface area (Å²) in [6.07, 6.45) is 8.40. The van der Waals surface area contributed by atoms with Crippen LogP contribution in [0, 0.1) is 23.4 Å². The molecule has 0 heterocycles. The van der Waals surface area contributed by atoms with Gasteiger partial charge < -0.3 is 14.9 Å². The van der Waals surface area contributed by atoms with E-state index in [0.717, 1.165) is 35.4 Å². The van der Waals surface area contributed by atoms with Crippen LogP contribution < -0.4 is 0 Å². The third kappa shape index (κ3) is 9.92. The normalized spacial score (nSPS) is 18.2. The van der Waals surface area contributed by atoms with Gasteiger partial charge in [0.2, 0.25) is 0 Å². The van der Waals surface area contributed by atoms with Gasteiger partial charge in [0.25, 0.3) is 0 Å². The maximum absolute atomic E-state index is 14.3. The van der Waals surface area contributed by atoms with Crippen molar-refractivity contribution in [2.75, 3.05) is 7.11 Å². The molecule has 10 heteroatoms. The van der Waals surface area contributed by atoms with Crippen molar-refractivity contribution in [3.8, 4) is 11.5 Å². The van der Waals surface area contributed by atoms with Crippen LogP contribution in [0.5, 0.6) is 11.5 Å². The minimum atomic E-state index is -4.41. The summed E-state index contributed by atoms with van der Waals surface area (Å²) in [5.74, 6) is -3.53. The number of ether oxygens (including phenoxy) is 1. The molecule has 3 unspecified atom stereocenters. The number of unbranched alkanes of at least 4 members (excludes halogenated alkanes) is 1. The molecule has 250 valence electrons. The standard InChI is InChI=1S/C37H36F6O4/c1-36(28-9-11-29(12-10-28)37(41,42)43)17-15-25(16-18-36)23-47-33-14-13-30(38)22-27(33)8-7-24(5-3-4-6-34(44)46-2)19-26-20-31(39)35(45)32(40)21-26/h7-17,20-24,34,44H,3-6,18-19H2,1-2H3/p+1/b8-7+. The van der Waals surface area contributed by atoms with Gasteiger partial charge in [-0.1, -0.05) is 43.7 Å². The molecule has 0 saturated heterocycles. The Labute approximate surface area is 270 Å². The molecule has 0 saturated carbocycles. The molecule has 3 aromatic rings. The summed E-state index contributed by atoms with van der Waals surface area (Å²) in [6.45, 7) is 1.93. The van der Waals surface area contributed by atoms with Crippen molar-refractivity contribution in [3.05, 3.63) is 124 Å². The second-order valence-corrected chi connectivity index (χ2v) is 11.9. The highest BCUT2D eigenvalue weighted by Gasteiger charge is 2.32.